The Morgan fingerprint density at radius 3 is 2.50 bits per heavy atom. The van der Waals surface area contributed by atoms with Gasteiger partial charge in [0.05, 0.1) is 0 Å². The van der Waals surface area contributed by atoms with Gasteiger partial charge >= 0.3 is 0 Å². The molecule has 1 rings (SSSR count). The monoisotopic (exact) mass is 311 g/mol. The van der Waals surface area contributed by atoms with Crippen LogP contribution in [0.4, 0.5) is 0 Å². The lowest BCUT2D eigenvalue weighted by Gasteiger charge is -2.06. The average molecular weight is 312 g/mol. The maximum atomic E-state index is 3.58. The Morgan fingerprint density at radius 1 is 1.06 bits per heavy atom. The third-order valence-electron chi connectivity index (χ3n) is 3.27. The molecule has 1 aromatic carbocycles. The first-order valence-electron chi connectivity index (χ1n) is 7.19. The van der Waals surface area contributed by atoms with Gasteiger partial charge in [-0.15, -0.1) is 0 Å². The molecule has 1 N–H and O–H groups in total. The molecule has 0 unspecified atom stereocenters. The lowest BCUT2D eigenvalue weighted by molar-refractivity contribution is 0.572. The Labute approximate surface area is 120 Å². The van der Waals surface area contributed by atoms with Crippen molar-refractivity contribution in [3.63, 3.8) is 0 Å². The minimum atomic E-state index is 0.980. The van der Waals surface area contributed by atoms with Crippen LogP contribution < -0.4 is 5.32 Å². The predicted octanol–water partition coefficient (Wildman–Crippen LogP) is 5.21. The first kappa shape index (κ1) is 15.7. The summed E-state index contributed by atoms with van der Waals surface area (Å²) in [7, 11) is 0. The van der Waals surface area contributed by atoms with Crippen molar-refractivity contribution in [3.8, 4) is 0 Å². The molecule has 1 nitrogen and oxygen atoms in total. The molecule has 0 bridgehead atoms. The predicted molar refractivity (Wildman–Crippen MR) is 84.0 cm³/mol. The molecular formula is C16H26BrN. The Balaban J connectivity index is 2.05. The van der Waals surface area contributed by atoms with Gasteiger partial charge in [-0.1, -0.05) is 67.1 Å². The molecule has 0 fully saturated rings. The van der Waals surface area contributed by atoms with Crippen molar-refractivity contribution < 1.29 is 0 Å². The van der Waals surface area contributed by atoms with E-state index in [1.165, 1.54) is 54.1 Å². The topological polar surface area (TPSA) is 12.0 Å². The molecule has 0 saturated carbocycles. The van der Waals surface area contributed by atoms with Crippen molar-refractivity contribution in [2.45, 2.75) is 58.9 Å². The van der Waals surface area contributed by atoms with E-state index in [0.29, 0.717) is 0 Å². The molecule has 1 aromatic rings. The van der Waals surface area contributed by atoms with E-state index in [-0.39, 0.29) is 0 Å². The van der Waals surface area contributed by atoms with Gasteiger partial charge in [-0.2, -0.15) is 0 Å². The number of nitrogens with one attached hydrogen (secondary N) is 1. The van der Waals surface area contributed by atoms with Crippen LogP contribution in [-0.2, 0) is 6.54 Å². The number of benzene rings is 1. The second kappa shape index (κ2) is 9.57. The van der Waals surface area contributed by atoms with Gasteiger partial charge in [-0.05, 0) is 37.1 Å². The van der Waals surface area contributed by atoms with Crippen molar-refractivity contribution in [2.75, 3.05) is 6.54 Å². The molecule has 0 aliphatic rings. The van der Waals surface area contributed by atoms with Crippen LogP contribution in [0.2, 0.25) is 0 Å². The van der Waals surface area contributed by atoms with Crippen LogP contribution in [0.3, 0.4) is 0 Å². The Kier molecular flexibility index (Phi) is 8.36. The van der Waals surface area contributed by atoms with E-state index in [1.807, 2.05) is 0 Å². The van der Waals surface area contributed by atoms with Crippen LogP contribution in [-0.4, -0.2) is 6.54 Å². The highest BCUT2D eigenvalue weighted by Crippen LogP contribution is 2.17. The van der Waals surface area contributed by atoms with E-state index in [4.69, 9.17) is 0 Å². The Hall–Kier alpha value is -0.340. The van der Waals surface area contributed by atoms with Crippen LogP contribution >= 0.6 is 15.9 Å². The third-order valence-corrected chi connectivity index (χ3v) is 4.13. The molecule has 102 valence electrons. The summed E-state index contributed by atoms with van der Waals surface area (Å²) in [6, 6.07) is 6.59. The van der Waals surface area contributed by atoms with Crippen LogP contribution in [0.25, 0.3) is 0 Å². The van der Waals surface area contributed by atoms with E-state index in [2.05, 4.69) is 53.3 Å². The number of halogens is 1. The number of hydrogen-bond donors (Lipinski definition) is 1. The molecule has 0 aliphatic heterocycles. The fourth-order valence-corrected chi connectivity index (χ4v) is 2.44. The van der Waals surface area contributed by atoms with E-state index >= 15 is 0 Å². The van der Waals surface area contributed by atoms with Gasteiger partial charge in [0.2, 0.25) is 0 Å². The lowest BCUT2D eigenvalue weighted by atomic mass is 10.1. The zero-order chi connectivity index (χ0) is 13.2. The van der Waals surface area contributed by atoms with Gasteiger partial charge in [0, 0.05) is 11.0 Å². The largest absolute Gasteiger partial charge is 0.313 e. The fourth-order valence-electron chi connectivity index (χ4n) is 2.01. The summed E-state index contributed by atoms with van der Waals surface area (Å²) >= 11 is 3.58. The van der Waals surface area contributed by atoms with Gasteiger partial charge in [-0.25, -0.2) is 0 Å². The van der Waals surface area contributed by atoms with Crippen LogP contribution in [0, 0.1) is 6.92 Å². The Morgan fingerprint density at radius 2 is 1.78 bits per heavy atom. The minimum Gasteiger partial charge on any atom is -0.313 e. The number of aryl methyl sites for hydroxylation is 1. The second-order valence-corrected chi connectivity index (χ2v) is 5.88. The maximum Gasteiger partial charge on any atom is 0.0207 e. The van der Waals surface area contributed by atoms with E-state index < -0.39 is 0 Å². The highest BCUT2D eigenvalue weighted by Gasteiger charge is 1.97. The number of hydrogen-bond acceptors (Lipinski definition) is 1. The van der Waals surface area contributed by atoms with Gasteiger partial charge in [0.25, 0.3) is 0 Å². The standard InChI is InChI=1S/C16H26BrN/c1-3-4-5-6-7-8-11-18-13-15-10-9-14(2)16(17)12-15/h9-10,12,18H,3-8,11,13H2,1-2H3. The first-order chi connectivity index (χ1) is 8.74. The highest BCUT2D eigenvalue weighted by atomic mass is 79.9. The second-order valence-electron chi connectivity index (χ2n) is 5.03. The highest BCUT2D eigenvalue weighted by molar-refractivity contribution is 9.10. The van der Waals surface area contributed by atoms with E-state index in [9.17, 15) is 0 Å². The molecule has 0 saturated heterocycles. The lowest BCUT2D eigenvalue weighted by Crippen LogP contribution is -2.14. The molecule has 0 atom stereocenters. The van der Waals surface area contributed by atoms with Crippen molar-refractivity contribution >= 4 is 15.9 Å². The van der Waals surface area contributed by atoms with Crippen molar-refractivity contribution in [3.05, 3.63) is 33.8 Å². The van der Waals surface area contributed by atoms with Crippen LogP contribution in [0.15, 0.2) is 22.7 Å². The molecule has 0 aromatic heterocycles. The van der Waals surface area contributed by atoms with Gasteiger partial charge in [0.15, 0.2) is 0 Å². The van der Waals surface area contributed by atoms with Gasteiger partial charge < -0.3 is 5.32 Å². The normalized spacial score (nSPS) is 10.8. The van der Waals surface area contributed by atoms with Crippen molar-refractivity contribution in [1.82, 2.24) is 5.32 Å². The summed E-state index contributed by atoms with van der Waals surface area (Å²) in [6.07, 6.45) is 8.19. The van der Waals surface area contributed by atoms with Crippen LogP contribution in [0.5, 0.6) is 0 Å². The average Bonchev–Trinajstić information content (AvgIpc) is 2.37. The summed E-state index contributed by atoms with van der Waals surface area (Å²) in [5, 5.41) is 3.52. The third kappa shape index (κ3) is 6.55. The molecule has 0 spiro atoms. The zero-order valence-corrected chi connectivity index (χ0v) is 13.4. The fraction of sp³-hybridized carbons (Fsp3) is 0.625. The number of rotatable bonds is 9. The quantitative estimate of drug-likeness (QED) is 0.617. The summed E-state index contributed by atoms with van der Waals surface area (Å²) in [5.74, 6) is 0. The Bertz CT molecular complexity index is 336. The smallest absolute Gasteiger partial charge is 0.0207 e. The summed E-state index contributed by atoms with van der Waals surface area (Å²) in [4.78, 5) is 0. The first-order valence-corrected chi connectivity index (χ1v) is 7.99. The van der Waals surface area contributed by atoms with E-state index in [1.54, 1.807) is 0 Å². The summed E-state index contributed by atoms with van der Waals surface area (Å²) in [5.41, 5.74) is 2.66. The SMILES string of the molecule is CCCCCCCCNCc1ccc(C)c(Br)c1. The molecule has 0 aliphatic carbocycles. The molecule has 0 heterocycles. The molecular weight excluding hydrogens is 286 g/mol. The van der Waals surface area contributed by atoms with Crippen molar-refractivity contribution in [2.24, 2.45) is 0 Å². The van der Waals surface area contributed by atoms with E-state index in [0.717, 1.165) is 13.1 Å². The van der Waals surface area contributed by atoms with Gasteiger partial charge in [0.1, 0.15) is 0 Å². The molecule has 2 heteroatoms. The molecule has 0 radical (unpaired) electrons. The summed E-state index contributed by atoms with van der Waals surface area (Å²) in [6.45, 7) is 6.50. The van der Waals surface area contributed by atoms with Crippen LogP contribution in [0.1, 0.15) is 56.6 Å². The molecule has 18 heavy (non-hydrogen) atoms. The molecule has 0 amide bonds. The summed E-state index contributed by atoms with van der Waals surface area (Å²) < 4.78 is 1.21. The van der Waals surface area contributed by atoms with Crippen molar-refractivity contribution in [1.29, 1.82) is 0 Å². The minimum absolute atomic E-state index is 0.980. The zero-order valence-electron chi connectivity index (χ0n) is 11.8. The maximum absolute atomic E-state index is 3.58. The number of unbranched alkanes of at least 4 members (excludes halogenated alkanes) is 5. The van der Waals surface area contributed by atoms with Gasteiger partial charge in [-0.3, -0.25) is 0 Å².